The second kappa shape index (κ2) is 12.3. The van der Waals surface area contributed by atoms with E-state index in [-0.39, 0.29) is 117 Å². The van der Waals surface area contributed by atoms with Gasteiger partial charge < -0.3 is 14.9 Å². The summed E-state index contributed by atoms with van der Waals surface area (Å²) in [6, 6.07) is 8.75. The average Bonchev–Trinajstić information content (AvgIpc) is 2.38. The zero-order chi connectivity index (χ0) is 13.9. The van der Waals surface area contributed by atoms with Crippen molar-refractivity contribution in [2.24, 2.45) is 5.92 Å². The van der Waals surface area contributed by atoms with Gasteiger partial charge in [-0.3, -0.25) is 6.42 Å². The molecule has 4 nitrogen and oxygen atoms in total. The first kappa shape index (κ1) is 26.2. The Bertz CT molecular complexity index is 444. The number of hydrogen-bond donors (Lipinski definition) is 2. The molecule has 3 atom stereocenters. The van der Waals surface area contributed by atoms with Crippen molar-refractivity contribution in [2.45, 2.75) is 31.5 Å². The molecule has 0 aromatic heterocycles. The van der Waals surface area contributed by atoms with Gasteiger partial charge in [-0.05, 0) is 31.1 Å². The molecule has 1 aromatic rings. The molecule has 0 bridgehead atoms. The van der Waals surface area contributed by atoms with Gasteiger partial charge in [0.25, 0.3) is 0 Å². The fourth-order valence-electron chi connectivity index (χ4n) is 2.55. The summed E-state index contributed by atoms with van der Waals surface area (Å²) in [5, 5.41) is 19.4. The minimum absolute atomic E-state index is 0. The maximum absolute atomic E-state index is 11.9. The van der Waals surface area contributed by atoms with Crippen LogP contribution >= 0.6 is 0 Å². The molecule has 113 valence electrons. The molecule has 1 fully saturated rings. The molecule has 1 saturated carbocycles. The van der Waals surface area contributed by atoms with Crippen molar-refractivity contribution in [2.75, 3.05) is 6.61 Å². The van der Waals surface area contributed by atoms with E-state index in [4.69, 9.17) is 4.74 Å². The first-order chi connectivity index (χ1) is 9.02. The van der Waals surface area contributed by atoms with E-state index < -0.39 is 17.7 Å². The zero-order valence-electron chi connectivity index (χ0n) is 12.7. The Morgan fingerprint density at radius 1 is 1.27 bits per heavy atom. The number of carbonyl (C=O) groups excluding carboxylic acids is 1. The van der Waals surface area contributed by atoms with Crippen LogP contribution in [0.3, 0.4) is 0 Å². The van der Waals surface area contributed by atoms with Crippen LogP contribution in [0.5, 0.6) is 0 Å². The van der Waals surface area contributed by atoms with E-state index in [0.717, 1.165) is 0 Å². The molecule has 0 amide bonds. The minimum Gasteiger partial charge on any atom is -0.492 e. The van der Waals surface area contributed by atoms with Gasteiger partial charge in [-0.1, -0.05) is 25.1 Å². The van der Waals surface area contributed by atoms with Gasteiger partial charge in [-0.2, -0.15) is 5.92 Å². The first-order valence-corrected chi connectivity index (χ1v) is 6.47. The summed E-state index contributed by atoms with van der Waals surface area (Å²) in [6.45, 7) is 1.62. The maximum Gasteiger partial charge on any atom is 0.335 e. The van der Waals surface area contributed by atoms with Crippen LogP contribution in [0.15, 0.2) is 30.3 Å². The third-order valence-electron chi connectivity index (χ3n) is 3.39. The Labute approximate surface area is 207 Å². The maximum atomic E-state index is 11.9. The van der Waals surface area contributed by atoms with Gasteiger partial charge in [0, 0.05) is 98.1 Å². The molecule has 22 heavy (non-hydrogen) atoms. The molecule has 0 saturated heterocycles. The monoisotopic (exact) mass is 530 g/mol. The number of hydrogen-bond acceptors (Lipinski definition) is 4. The smallest absolute Gasteiger partial charge is 0.335 e. The molecule has 7 heteroatoms. The normalized spacial score (nSPS) is 26.7. The average molecular weight is 530 g/mol. The molecule has 0 heterocycles. The Morgan fingerprint density at radius 2 is 1.86 bits per heavy atom. The largest absolute Gasteiger partial charge is 0.492 e. The van der Waals surface area contributed by atoms with E-state index >= 15 is 0 Å². The summed E-state index contributed by atoms with van der Waals surface area (Å²) in [5.41, 5.74) is -0.669. The van der Waals surface area contributed by atoms with Gasteiger partial charge in [0.1, 0.15) is 0 Å². The van der Waals surface area contributed by atoms with Crippen molar-refractivity contribution in [3.8, 4) is 0 Å². The van der Waals surface area contributed by atoms with Gasteiger partial charge >= 0.3 is 5.97 Å². The molecule has 3 radical (unpaired) electrons. The third kappa shape index (κ3) is 7.87. The number of aliphatic hydroxyl groups is 2. The van der Waals surface area contributed by atoms with E-state index in [9.17, 15) is 15.0 Å². The number of rotatable bonds is 3. The van der Waals surface area contributed by atoms with Crippen molar-refractivity contribution in [1.82, 2.24) is 0 Å². The van der Waals surface area contributed by atoms with Crippen molar-refractivity contribution in [3.05, 3.63) is 42.3 Å². The van der Waals surface area contributed by atoms with E-state index in [0.29, 0.717) is 12.0 Å². The van der Waals surface area contributed by atoms with E-state index in [1.54, 1.807) is 24.3 Å². The van der Waals surface area contributed by atoms with E-state index in [1.165, 1.54) is 0 Å². The van der Waals surface area contributed by atoms with Crippen LogP contribution in [0.2, 0.25) is 0 Å². The van der Waals surface area contributed by atoms with Crippen LogP contribution in [0.25, 0.3) is 0 Å². The second-order valence-corrected chi connectivity index (χ2v) is 5.27. The Morgan fingerprint density at radius 3 is 2.41 bits per heavy atom. The van der Waals surface area contributed by atoms with Crippen LogP contribution in [0.1, 0.15) is 30.1 Å². The molecule has 0 unspecified atom stereocenters. The fourth-order valence-corrected chi connectivity index (χ4v) is 2.55. The zero-order valence-corrected chi connectivity index (χ0v) is 21.2. The Balaban J connectivity index is 0. The van der Waals surface area contributed by atoms with Gasteiger partial charge in [0.2, 0.25) is 0 Å². The van der Waals surface area contributed by atoms with Crippen LogP contribution in [0.4, 0.5) is 0 Å². The summed E-state index contributed by atoms with van der Waals surface area (Å²) in [7, 11) is 0. The van der Waals surface area contributed by atoms with Gasteiger partial charge in [0.05, 0.1) is 17.8 Å². The quantitative estimate of drug-likeness (QED) is 0.461. The summed E-state index contributed by atoms with van der Waals surface area (Å²) in [6.07, 6.45) is 2.17. The third-order valence-corrected chi connectivity index (χ3v) is 3.39. The molecule has 0 spiro atoms. The summed E-state index contributed by atoms with van der Waals surface area (Å²) < 4.78 is 5.38. The molecule has 2 N–H and O–H groups in total. The van der Waals surface area contributed by atoms with Crippen molar-refractivity contribution in [3.63, 3.8) is 0 Å². The van der Waals surface area contributed by atoms with Crippen LogP contribution < -0.4 is 0 Å². The summed E-state index contributed by atoms with van der Waals surface area (Å²) >= 11 is 0. The Kier molecular flexibility index (Phi) is 14.6. The molecule has 2 rings (SSSR count). The summed E-state index contributed by atoms with van der Waals surface area (Å²) in [5.74, 6) is -0.310. The van der Waals surface area contributed by atoms with Crippen LogP contribution in [-0.4, -0.2) is 34.5 Å². The van der Waals surface area contributed by atoms with E-state index in [2.05, 4.69) is 0 Å². The molecular weight excluding hydrogens is 511 g/mol. The van der Waals surface area contributed by atoms with Crippen molar-refractivity contribution >= 4 is 5.97 Å². The number of ether oxygens (including phenoxy) is 1. The molecule has 0 aliphatic heterocycles. The number of esters is 1. The second-order valence-electron chi connectivity index (χ2n) is 5.27. The standard InChI is InChI=1S/C15H19O4.3Y/c1-11-7-13(9-15(18,8-11)10-16)19-14(17)12-5-3-2-4-6-12;;;/h2-7,11,13,16,18H,8-10H2,1H3;;;/q-1;;;/t11-,13-,15-;;;/m0.../s1. The Hall–Kier alpha value is 1.92. The minimum atomic E-state index is -1.16. The van der Waals surface area contributed by atoms with Gasteiger partial charge in [-0.25, -0.2) is 4.79 Å². The molecule has 1 aliphatic rings. The van der Waals surface area contributed by atoms with E-state index in [1.807, 2.05) is 19.4 Å². The molecule has 1 aromatic carbocycles. The predicted octanol–water partition coefficient (Wildman–Crippen LogP) is 1.56. The van der Waals surface area contributed by atoms with Crippen molar-refractivity contribution in [1.29, 1.82) is 0 Å². The van der Waals surface area contributed by atoms with Crippen LogP contribution in [-0.2, 0) is 103 Å². The van der Waals surface area contributed by atoms with Gasteiger partial charge in [-0.15, -0.1) is 0 Å². The topological polar surface area (TPSA) is 66.8 Å². The SMILES string of the molecule is C[C@H]1[CH-][C@H](OC(=O)c2ccccc2)C[C@](O)(CO)C1.[Y].[Y].[Y]. The van der Waals surface area contributed by atoms with Crippen LogP contribution in [0, 0.1) is 12.3 Å². The number of carbonyl (C=O) groups is 1. The van der Waals surface area contributed by atoms with Gasteiger partial charge in [0.15, 0.2) is 0 Å². The fraction of sp³-hybridized carbons (Fsp3) is 0.467. The number of benzene rings is 1. The first-order valence-electron chi connectivity index (χ1n) is 6.47. The summed E-state index contributed by atoms with van der Waals surface area (Å²) in [4.78, 5) is 11.9. The number of aliphatic hydroxyl groups excluding tert-OH is 1. The predicted molar refractivity (Wildman–Crippen MR) is 70.4 cm³/mol. The molecular formula is C15H19O4Y3-. The molecule has 1 aliphatic carbocycles. The van der Waals surface area contributed by atoms with Crippen molar-refractivity contribution < 1.29 is 118 Å².